The summed E-state index contributed by atoms with van der Waals surface area (Å²) < 4.78 is 4.97. The van der Waals surface area contributed by atoms with Gasteiger partial charge in [0.15, 0.2) is 0 Å². The molecule has 0 aliphatic heterocycles. The van der Waals surface area contributed by atoms with Crippen molar-refractivity contribution in [1.29, 1.82) is 0 Å². The van der Waals surface area contributed by atoms with Crippen LogP contribution in [-0.2, 0) is 20.8 Å². The molecule has 0 unspecified atom stereocenters. The number of aryl methyl sites for hydroxylation is 2. The molecule has 1 aromatic rings. The number of carbonyl (C=O) groups is 3. The Balaban J connectivity index is 2.66. The van der Waals surface area contributed by atoms with Crippen LogP contribution in [0.3, 0.4) is 0 Å². The molecule has 0 aliphatic rings. The van der Waals surface area contributed by atoms with Crippen molar-refractivity contribution in [2.24, 2.45) is 5.73 Å². The Morgan fingerprint density at radius 3 is 2.40 bits per heavy atom. The molecule has 0 bridgehead atoms. The molecule has 0 saturated carbocycles. The SMILES string of the molecule is Cc1noc(C)c1CCC(=O)N(CC(N)=O)CC(=O)O. The van der Waals surface area contributed by atoms with Crippen molar-refractivity contribution in [1.82, 2.24) is 10.1 Å². The molecule has 0 fully saturated rings. The Morgan fingerprint density at radius 2 is 1.95 bits per heavy atom. The maximum Gasteiger partial charge on any atom is 0.323 e. The predicted molar refractivity (Wildman–Crippen MR) is 67.7 cm³/mol. The minimum Gasteiger partial charge on any atom is -0.480 e. The van der Waals surface area contributed by atoms with Crippen LogP contribution in [0.1, 0.15) is 23.4 Å². The number of nitrogens with zero attached hydrogens (tertiary/aromatic N) is 2. The lowest BCUT2D eigenvalue weighted by Gasteiger charge is -2.18. The monoisotopic (exact) mass is 283 g/mol. The van der Waals surface area contributed by atoms with Crippen LogP contribution in [0.5, 0.6) is 0 Å². The normalized spacial score (nSPS) is 10.3. The Hall–Kier alpha value is -2.38. The molecule has 8 heteroatoms. The molecule has 0 atom stereocenters. The average molecular weight is 283 g/mol. The molecule has 3 N–H and O–H groups in total. The van der Waals surface area contributed by atoms with Gasteiger partial charge in [0.05, 0.1) is 12.2 Å². The Morgan fingerprint density at radius 1 is 1.30 bits per heavy atom. The Labute approximate surface area is 115 Å². The molecular formula is C12H17N3O5. The van der Waals surface area contributed by atoms with E-state index in [1.54, 1.807) is 13.8 Å². The van der Waals surface area contributed by atoms with Gasteiger partial charge in [-0.2, -0.15) is 0 Å². The van der Waals surface area contributed by atoms with Crippen molar-refractivity contribution in [3.05, 3.63) is 17.0 Å². The van der Waals surface area contributed by atoms with Crippen molar-refractivity contribution in [2.75, 3.05) is 13.1 Å². The quantitative estimate of drug-likeness (QED) is 0.702. The number of hydrogen-bond acceptors (Lipinski definition) is 5. The standard InChI is InChI=1S/C12H17N3O5/c1-7-9(8(2)20-14-7)3-4-11(17)15(5-10(13)16)6-12(18)19/h3-6H2,1-2H3,(H2,13,16)(H,18,19). The predicted octanol–water partition coefficient (Wildman–Crippen LogP) is -0.377. The lowest BCUT2D eigenvalue weighted by molar-refractivity contribution is -0.145. The molecule has 0 aromatic carbocycles. The van der Waals surface area contributed by atoms with E-state index in [0.717, 1.165) is 10.5 Å². The van der Waals surface area contributed by atoms with Crippen LogP contribution in [0.15, 0.2) is 4.52 Å². The molecule has 2 amide bonds. The number of aliphatic carboxylic acids is 1. The van der Waals surface area contributed by atoms with Gasteiger partial charge >= 0.3 is 5.97 Å². The number of rotatable bonds is 7. The summed E-state index contributed by atoms with van der Waals surface area (Å²) in [6, 6.07) is 0. The van der Waals surface area contributed by atoms with Gasteiger partial charge in [-0.05, 0) is 20.3 Å². The molecule has 1 heterocycles. The van der Waals surface area contributed by atoms with Crippen molar-refractivity contribution < 1.29 is 24.0 Å². The van der Waals surface area contributed by atoms with Crippen LogP contribution in [0, 0.1) is 13.8 Å². The maximum absolute atomic E-state index is 11.9. The molecule has 8 nitrogen and oxygen atoms in total. The number of carbonyl (C=O) groups excluding carboxylic acids is 2. The minimum absolute atomic E-state index is 0.0590. The zero-order chi connectivity index (χ0) is 15.3. The van der Waals surface area contributed by atoms with Gasteiger partial charge in [-0.1, -0.05) is 5.16 Å². The van der Waals surface area contributed by atoms with Crippen LogP contribution < -0.4 is 5.73 Å². The maximum atomic E-state index is 11.9. The fourth-order valence-electron chi connectivity index (χ4n) is 1.83. The van der Waals surface area contributed by atoms with Gasteiger partial charge in [-0.3, -0.25) is 14.4 Å². The van der Waals surface area contributed by atoms with Crippen LogP contribution in [0.2, 0.25) is 0 Å². The molecule has 20 heavy (non-hydrogen) atoms. The number of aromatic nitrogens is 1. The van der Waals surface area contributed by atoms with Crippen LogP contribution in [0.4, 0.5) is 0 Å². The first-order chi connectivity index (χ1) is 9.31. The number of carboxylic acids is 1. The summed E-state index contributed by atoms with van der Waals surface area (Å²) in [4.78, 5) is 34.4. The van der Waals surface area contributed by atoms with Crippen LogP contribution >= 0.6 is 0 Å². The van der Waals surface area contributed by atoms with E-state index in [-0.39, 0.29) is 6.42 Å². The first kappa shape index (κ1) is 15.7. The first-order valence-electron chi connectivity index (χ1n) is 6.01. The highest BCUT2D eigenvalue weighted by atomic mass is 16.5. The number of carboxylic acid groups (broad SMARTS) is 1. The van der Waals surface area contributed by atoms with Gasteiger partial charge in [0.2, 0.25) is 11.8 Å². The summed E-state index contributed by atoms with van der Waals surface area (Å²) >= 11 is 0. The van der Waals surface area contributed by atoms with Gasteiger partial charge in [0.1, 0.15) is 12.3 Å². The zero-order valence-electron chi connectivity index (χ0n) is 11.4. The lowest BCUT2D eigenvalue weighted by atomic mass is 10.1. The summed E-state index contributed by atoms with van der Waals surface area (Å²) in [6.45, 7) is 2.53. The fourth-order valence-corrected chi connectivity index (χ4v) is 1.83. The molecule has 1 aromatic heterocycles. The first-order valence-corrected chi connectivity index (χ1v) is 6.01. The smallest absolute Gasteiger partial charge is 0.323 e. The second-order valence-electron chi connectivity index (χ2n) is 4.41. The summed E-state index contributed by atoms with van der Waals surface area (Å²) in [5.74, 6) is -1.78. The van der Waals surface area contributed by atoms with Gasteiger partial charge < -0.3 is 20.3 Å². The number of nitrogens with two attached hydrogens (primary N) is 1. The highest BCUT2D eigenvalue weighted by Gasteiger charge is 2.20. The van der Waals surface area contributed by atoms with E-state index < -0.39 is 30.9 Å². The fraction of sp³-hybridized carbons (Fsp3) is 0.500. The molecule has 0 radical (unpaired) electrons. The Kier molecular flexibility index (Phi) is 5.24. The largest absolute Gasteiger partial charge is 0.480 e. The van der Waals surface area contributed by atoms with Crippen LogP contribution in [-0.4, -0.2) is 46.0 Å². The topological polar surface area (TPSA) is 127 Å². The summed E-state index contributed by atoms with van der Waals surface area (Å²) in [5.41, 5.74) is 6.50. The van der Waals surface area contributed by atoms with E-state index in [1.807, 2.05) is 0 Å². The zero-order valence-corrected chi connectivity index (χ0v) is 11.4. The second kappa shape index (κ2) is 6.69. The van der Waals surface area contributed by atoms with Gasteiger partial charge in [0.25, 0.3) is 0 Å². The summed E-state index contributed by atoms with van der Waals surface area (Å²) in [5, 5.41) is 12.5. The summed E-state index contributed by atoms with van der Waals surface area (Å²) in [6.07, 6.45) is 0.429. The van der Waals surface area contributed by atoms with E-state index >= 15 is 0 Å². The van der Waals surface area contributed by atoms with E-state index in [0.29, 0.717) is 17.9 Å². The van der Waals surface area contributed by atoms with Gasteiger partial charge in [-0.25, -0.2) is 0 Å². The van der Waals surface area contributed by atoms with E-state index in [4.69, 9.17) is 15.4 Å². The number of primary amides is 1. The third-order valence-corrected chi connectivity index (χ3v) is 2.80. The van der Waals surface area contributed by atoms with Gasteiger partial charge in [-0.15, -0.1) is 0 Å². The minimum atomic E-state index is -1.20. The third kappa shape index (κ3) is 4.38. The van der Waals surface area contributed by atoms with Gasteiger partial charge in [0, 0.05) is 12.0 Å². The third-order valence-electron chi connectivity index (χ3n) is 2.80. The van der Waals surface area contributed by atoms with E-state index in [2.05, 4.69) is 5.16 Å². The lowest BCUT2D eigenvalue weighted by Crippen LogP contribution is -2.41. The molecule has 0 saturated heterocycles. The molecular weight excluding hydrogens is 266 g/mol. The highest BCUT2D eigenvalue weighted by molar-refractivity contribution is 5.86. The average Bonchev–Trinajstić information content (AvgIpc) is 2.64. The summed E-state index contributed by atoms with van der Waals surface area (Å²) in [7, 11) is 0. The molecule has 1 rings (SSSR count). The van der Waals surface area contributed by atoms with Crippen molar-refractivity contribution in [2.45, 2.75) is 26.7 Å². The number of hydrogen-bond donors (Lipinski definition) is 2. The van der Waals surface area contributed by atoms with E-state index in [9.17, 15) is 14.4 Å². The van der Waals surface area contributed by atoms with Crippen molar-refractivity contribution in [3.63, 3.8) is 0 Å². The number of amides is 2. The second-order valence-corrected chi connectivity index (χ2v) is 4.41. The molecule has 0 spiro atoms. The highest BCUT2D eigenvalue weighted by Crippen LogP contribution is 2.14. The van der Waals surface area contributed by atoms with Crippen molar-refractivity contribution in [3.8, 4) is 0 Å². The Bertz CT molecular complexity index is 488. The van der Waals surface area contributed by atoms with Crippen molar-refractivity contribution >= 4 is 17.8 Å². The molecule has 110 valence electrons. The molecule has 0 aliphatic carbocycles. The van der Waals surface area contributed by atoms with Crippen LogP contribution in [0.25, 0.3) is 0 Å². The van der Waals surface area contributed by atoms with E-state index in [1.165, 1.54) is 0 Å².